The molecule has 1 heterocycles. The van der Waals surface area contributed by atoms with Crippen molar-refractivity contribution < 1.29 is 0 Å². The van der Waals surface area contributed by atoms with E-state index in [1.165, 1.54) is 71.6 Å². The van der Waals surface area contributed by atoms with E-state index in [1.807, 2.05) is 0 Å². The van der Waals surface area contributed by atoms with Gasteiger partial charge in [-0.25, -0.2) is 0 Å². The first-order valence-electron chi connectivity index (χ1n) is 19.5. The highest BCUT2D eigenvalue weighted by molar-refractivity contribution is 6.10. The van der Waals surface area contributed by atoms with Crippen molar-refractivity contribution in [3.05, 3.63) is 193 Å². The lowest BCUT2D eigenvalue weighted by atomic mass is 9.82. The second kappa shape index (κ2) is 12.6. The van der Waals surface area contributed by atoms with E-state index in [-0.39, 0.29) is 10.8 Å². The van der Waals surface area contributed by atoms with Crippen LogP contribution in [-0.2, 0) is 10.8 Å². The van der Waals surface area contributed by atoms with E-state index in [4.69, 9.17) is 0 Å². The van der Waals surface area contributed by atoms with Crippen molar-refractivity contribution in [3.8, 4) is 27.9 Å². The number of benzene rings is 8. The molecule has 1 aliphatic carbocycles. The summed E-state index contributed by atoms with van der Waals surface area (Å²) in [6.45, 7) is 9.58. The van der Waals surface area contributed by atoms with Crippen LogP contribution in [0, 0.1) is 0 Å². The zero-order valence-electron chi connectivity index (χ0n) is 31.9. The van der Waals surface area contributed by atoms with E-state index in [0.29, 0.717) is 0 Å². The SMILES string of the molecule is CC1(C)CC(C)(C)c2cc(-n3c4ccccc4c4cc(N(c5ccc(-c6ccccc6)cc5)c5ccc(-c6ccc7ccccc7c6)cc5)ccc43)ccc21. The monoisotopic (exact) mass is 708 g/mol. The van der Waals surface area contributed by atoms with Crippen molar-refractivity contribution >= 4 is 49.6 Å². The van der Waals surface area contributed by atoms with Crippen LogP contribution in [0.1, 0.15) is 45.2 Å². The summed E-state index contributed by atoms with van der Waals surface area (Å²) in [7, 11) is 0. The third-order valence-electron chi connectivity index (χ3n) is 12.0. The molecule has 55 heavy (non-hydrogen) atoms. The summed E-state index contributed by atoms with van der Waals surface area (Å²) in [5, 5.41) is 5.01. The van der Waals surface area contributed by atoms with Gasteiger partial charge in [-0.05, 0) is 128 Å². The zero-order chi connectivity index (χ0) is 37.3. The Balaban J connectivity index is 1.11. The van der Waals surface area contributed by atoms with Crippen LogP contribution in [0.5, 0.6) is 0 Å². The highest BCUT2D eigenvalue weighted by Gasteiger charge is 2.42. The van der Waals surface area contributed by atoms with Gasteiger partial charge in [0.05, 0.1) is 11.0 Å². The van der Waals surface area contributed by atoms with Crippen molar-refractivity contribution in [2.75, 3.05) is 4.90 Å². The first-order valence-corrected chi connectivity index (χ1v) is 19.5. The van der Waals surface area contributed by atoms with Crippen molar-refractivity contribution in [1.82, 2.24) is 4.57 Å². The van der Waals surface area contributed by atoms with Gasteiger partial charge >= 0.3 is 0 Å². The lowest BCUT2D eigenvalue weighted by Crippen LogP contribution is -2.18. The van der Waals surface area contributed by atoms with Crippen molar-refractivity contribution in [2.24, 2.45) is 0 Å². The summed E-state index contributed by atoms with van der Waals surface area (Å²) in [6, 6.07) is 67.0. The first-order chi connectivity index (χ1) is 26.7. The molecule has 0 saturated carbocycles. The average molecular weight is 709 g/mol. The van der Waals surface area contributed by atoms with Gasteiger partial charge in [0.2, 0.25) is 0 Å². The van der Waals surface area contributed by atoms with Crippen LogP contribution >= 0.6 is 0 Å². The lowest BCUT2D eigenvalue weighted by molar-refractivity contribution is 0.403. The molecule has 1 aromatic heterocycles. The largest absolute Gasteiger partial charge is 0.310 e. The quantitative estimate of drug-likeness (QED) is 0.167. The number of hydrogen-bond acceptors (Lipinski definition) is 1. The maximum atomic E-state index is 2.47. The third-order valence-corrected chi connectivity index (χ3v) is 12.0. The number of rotatable bonds is 6. The number of hydrogen-bond donors (Lipinski definition) is 0. The van der Waals surface area contributed by atoms with Gasteiger partial charge in [0, 0.05) is 33.5 Å². The summed E-state index contributed by atoms with van der Waals surface area (Å²) in [5.74, 6) is 0. The number of aromatic nitrogens is 1. The molecule has 2 heteroatoms. The molecule has 0 fully saturated rings. The molecule has 10 rings (SSSR count). The van der Waals surface area contributed by atoms with Gasteiger partial charge in [-0.1, -0.05) is 143 Å². The van der Waals surface area contributed by atoms with Gasteiger partial charge in [0.15, 0.2) is 0 Å². The molecule has 1 aliphatic rings. The fourth-order valence-corrected chi connectivity index (χ4v) is 9.55. The van der Waals surface area contributed by atoms with Crippen LogP contribution in [0.4, 0.5) is 17.1 Å². The molecule has 9 aromatic rings. The molecular formula is C53H44N2. The Morgan fingerprint density at radius 3 is 1.71 bits per heavy atom. The summed E-state index contributed by atoms with van der Waals surface area (Å²) in [5.41, 5.74) is 15.1. The summed E-state index contributed by atoms with van der Waals surface area (Å²) >= 11 is 0. The van der Waals surface area contributed by atoms with E-state index in [9.17, 15) is 0 Å². The van der Waals surface area contributed by atoms with Gasteiger partial charge in [0.1, 0.15) is 0 Å². The highest BCUT2D eigenvalue weighted by atomic mass is 15.1. The maximum Gasteiger partial charge on any atom is 0.0542 e. The summed E-state index contributed by atoms with van der Waals surface area (Å²) in [6.07, 6.45) is 1.15. The number of para-hydroxylation sites is 1. The predicted molar refractivity (Wildman–Crippen MR) is 235 cm³/mol. The molecule has 0 N–H and O–H groups in total. The predicted octanol–water partition coefficient (Wildman–Crippen LogP) is 14.7. The average Bonchev–Trinajstić information content (AvgIpc) is 3.64. The molecule has 0 unspecified atom stereocenters. The molecule has 266 valence electrons. The molecule has 0 atom stereocenters. The van der Waals surface area contributed by atoms with Crippen LogP contribution in [0.2, 0.25) is 0 Å². The minimum Gasteiger partial charge on any atom is -0.310 e. The Morgan fingerprint density at radius 1 is 0.400 bits per heavy atom. The molecule has 2 nitrogen and oxygen atoms in total. The van der Waals surface area contributed by atoms with Gasteiger partial charge in [-0.2, -0.15) is 0 Å². The van der Waals surface area contributed by atoms with E-state index in [0.717, 1.165) is 23.5 Å². The second-order valence-electron chi connectivity index (χ2n) is 16.6. The van der Waals surface area contributed by atoms with Crippen LogP contribution in [0.3, 0.4) is 0 Å². The van der Waals surface area contributed by atoms with E-state index in [2.05, 4.69) is 219 Å². The molecule has 0 aliphatic heterocycles. The number of fused-ring (bicyclic) bond motifs is 5. The zero-order valence-corrected chi connectivity index (χ0v) is 31.9. The van der Waals surface area contributed by atoms with Crippen LogP contribution < -0.4 is 4.90 Å². The number of anilines is 3. The van der Waals surface area contributed by atoms with Crippen molar-refractivity contribution in [1.29, 1.82) is 0 Å². The van der Waals surface area contributed by atoms with Gasteiger partial charge < -0.3 is 9.47 Å². The Labute approximate surface area is 323 Å². The second-order valence-corrected chi connectivity index (χ2v) is 16.6. The van der Waals surface area contributed by atoms with Gasteiger partial charge in [-0.15, -0.1) is 0 Å². The third kappa shape index (κ3) is 5.63. The molecule has 0 radical (unpaired) electrons. The minimum absolute atomic E-state index is 0.126. The Bertz CT molecular complexity index is 2870. The Morgan fingerprint density at radius 2 is 0.964 bits per heavy atom. The molecule has 0 spiro atoms. The molecule has 8 aromatic carbocycles. The van der Waals surface area contributed by atoms with Gasteiger partial charge in [-0.3, -0.25) is 0 Å². The van der Waals surface area contributed by atoms with Crippen LogP contribution in [-0.4, -0.2) is 4.57 Å². The molecule has 0 bridgehead atoms. The summed E-state index contributed by atoms with van der Waals surface area (Å²) < 4.78 is 2.47. The van der Waals surface area contributed by atoms with E-state index in [1.54, 1.807) is 0 Å². The van der Waals surface area contributed by atoms with Crippen molar-refractivity contribution in [3.63, 3.8) is 0 Å². The Hall–Kier alpha value is -6.38. The topological polar surface area (TPSA) is 8.17 Å². The fourth-order valence-electron chi connectivity index (χ4n) is 9.55. The standard InChI is InChI=1S/C53H44N2/c1-52(2)35-53(3,4)49-34-45(28-30-48(49)52)55-50-17-11-10-16-46(50)47-33-44(29-31-51(47)55)54(42-24-20-38(21-25-42)36-12-6-5-7-13-36)43-26-22-39(23-27-43)41-19-18-37-14-8-9-15-40(37)32-41/h5-34H,35H2,1-4H3. The van der Waals surface area contributed by atoms with Crippen LogP contribution in [0.15, 0.2) is 182 Å². The van der Waals surface area contributed by atoms with E-state index < -0.39 is 0 Å². The molecule has 0 amide bonds. The summed E-state index contributed by atoms with van der Waals surface area (Å²) in [4.78, 5) is 2.39. The molecular weight excluding hydrogens is 665 g/mol. The van der Waals surface area contributed by atoms with E-state index >= 15 is 0 Å². The fraction of sp³-hybridized carbons (Fsp3) is 0.132. The Kier molecular flexibility index (Phi) is 7.61. The number of nitrogens with zero attached hydrogens (tertiary/aromatic N) is 2. The maximum absolute atomic E-state index is 2.47. The van der Waals surface area contributed by atoms with Crippen molar-refractivity contribution in [2.45, 2.75) is 44.9 Å². The smallest absolute Gasteiger partial charge is 0.0542 e. The lowest BCUT2D eigenvalue weighted by Gasteiger charge is -2.26. The molecule has 0 saturated heterocycles. The van der Waals surface area contributed by atoms with Crippen LogP contribution in [0.25, 0.3) is 60.5 Å². The highest BCUT2D eigenvalue weighted by Crippen LogP contribution is 2.50. The first kappa shape index (κ1) is 33.2. The minimum atomic E-state index is 0.126. The normalized spacial score (nSPS) is 14.4. The van der Waals surface area contributed by atoms with Gasteiger partial charge in [0.25, 0.3) is 0 Å².